The number of rotatable bonds is 8. The lowest BCUT2D eigenvalue weighted by atomic mass is 10.3. The molecule has 0 unspecified atom stereocenters. The van der Waals surface area contributed by atoms with Crippen molar-refractivity contribution in [2.24, 2.45) is 0 Å². The van der Waals surface area contributed by atoms with Crippen molar-refractivity contribution in [1.82, 2.24) is 15.5 Å². The van der Waals surface area contributed by atoms with E-state index in [0.29, 0.717) is 21.8 Å². The predicted octanol–water partition coefficient (Wildman–Crippen LogP) is 2.66. The average Bonchev–Trinajstić information content (AvgIpc) is 2.95. The lowest BCUT2D eigenvalue weighted by molar-refractivity contribution is -0.119. The molecule has 0 spiro atoms. The number of nitrogens with zero attached hydrogens (tertiary/aromatic N) is 2. The first-order chi connectivity index (χ1) is 11.1. The van der Waals surface area contributed by atoms with E-state index < -0.39 is 0 Å². The zero-order valence-electron chi connectivity index (χ0n) is 12.7. The SMILES string of the molecule is COC[C@@H](C)NC(=O)CSc1nnc(Nc2ccccc2F)s1. The second-order valence-electron chi connectivity index (χ2n) is 4.69. The molecule has 0 aliphatic rings. The van der Waals surface area contributed by atoms with Crippen LogP contribution in [0.1, 0.15) is 6.92 Å². The molecule has 1 amide bonds. The van der Waals surface area contributed by atoms with E-state index in [1.807, 2.05) is 6.92 Å². The molecule has 1 aromatic heterocycles. The number of thioether (sulfide) groups is 1. The van der Waals surface area contributed by atoms with Gasteiger partial charge in [0.25, 0.3) is 0 Å². The Morgan fingerprint density at radius 1 is 1.43 bits per heavy atom. The van der Waals surface area contributed by atoms with E-state index in [2.05, 4.69) is 20.8 Å². The molecule has 2 aromatic rings. The summed E-state index contributed by atoms with van der Waals surface area (Å²) in [7, 11) is 1.59. The maximum Gasteiger partial charge on any atom is 0.230 e. The van der Waals surface area contributed by atoms with Crippen LogP contribution in [0, 0.1) is 5.82 Å². The van der Waals surface area contributed by atoms with E-state index in [4.69, 9.17) is 4.74 Å². The molecule has 0 saturated heterocycles. The standard InChI is InChI=1S/C14H17FN4O2S2/c1-9(7-21-2)16-12(20)8-22-14-19-18-13(23-14)17-11-6-4-3-5-10(11)15/h3-6,9H,7-8H2,1-2H3,(H,16,20)(H,17,18)/t9-/m1/s1. The number of carbonyl (C=O) groups is 1. The maximum atomic E-state index is 13.5. The fourth-order valence-corrected chi connectivity index (χ4v) is 3.31. The molecular formula is C14H17FN4O2S2. The van der Waals surface area contributed by atoms with Crippen LogP contribution in [0.4, 0.5) is 15.2 Å². The Balaban J connectivity index is 1.83. The number of para-hydroxylation sites is 1. The Morgan fingerprint density at radius 2 is 2.22 bits per heavy atom. The van der Waals surface area contributed by atoms with Crippen molar-refractivity contribution in [3.8, 4) is 0 Å². The van der Waals surface area contributed by atoms with Gasteiger partial charge in [-0.1, -0.05) is 35.2 Å². The van der Waals surface area contributed by atoms with Crippen molar-refractivity contribution in [3.05, 3.63) is 30.1 Å². The van der Waals surface area contributed by atoms with Crippen molar-refractivity contribution in [3.63, 3.8) is 0 Å². The Kier molecular flexibility index (Phi) is 6.75. The molecule has 124 valence electrons. The molecule has 0 aliphatic heterocycles. The Bertz CT molecular complexity index is 653. The molecule has 0 saturated carbocycles. The van der Waals surface area contributed by atoms with Crippen molar-refractivity contribution in [1.29, 1.82) is 0 Å². The molecule has 23 heavy (non-hydrogen) atoms. The number of ether oxygens (including phenoxy) is 1. The summed E-state index contributed by atoms with van der Waals surface area (Å²) in [5.41, 5.74) is 0.339. The quantitative estimate of drug-likeness (QED) is 0.708. The van der Waals surface area contributed by atoms with Crippen molar-refractivity contribution >= 4 is 39.8 Å². The summed E-state index contributed by atoms with van der Waals surface area (Å²) in [6.07, 6.45) is 0. The third-order valence-corrected chi connectivity index (χ3v) is 4.64. The van der Waals surface area contributed by atoms with Crippen LogP contribution < -0.4 is 10.6 Å². The first kappa shape index (κ1) is 17.6. The van der Waals surface area contributed by atoms with Crippen molar-refractivity contribution < 1.29 is 13.9 Å². The molecule has 0 radical (unpaired) electrons. The number of halogens is 1. The van der Waals surface area contributed by atoms with Crippen LogP contribution in [-0.4, -0.2) is 41.6 Å². The van der Waals surface area contributed by atoms with Gasteiger partial charge in [-0.15, -0.1) is 10.2 Å². The molecule has 0 bridgehead atoms. The lowest BCUT2D eigenvalue weighted by Gasteiger charge is -2.11. The summed E-state index contributed by atoms with van der Waals surface area (Å²) in [6, 6.07) is 6.29. The lowest BCUT2D eigenvalue weighted by Crippen LogP contribution is -2.36. The molecule has 2 N–H and O–H groups in total. The molecule has 6 nitrogen and oxygen atoms in total. The molecule has 0 fully saturated rings. The van der Waals surface area contributed by atoms with Gasteiger partial charge in [-0.25, -0.2) is 4.39 Å². The van der Waals surface area contributed by atoms with Gasteiger partial charge in [0.1, 0.15) is 5.82 Å². The smallest absolute Gasteiger partial charge is 0.230 e. The first-order valence-corrected chi connectivity index (χ1v) is 8.65. The van der Waals surface area contributed by atoms with Crippen LogP contribution in [0.25, 0.3) is 0 Å². The van der Waals surface area contributed by atoms with Gasteiger partial charge >= 0.3 is 0 Å². The van der Waals surface area contributed by atoms with E-state index >= 15 is 0 Å². The second kappa shape index (κ2) is 8.80. The normalized spacial score (nSPS) is 12.0. The van der Waals surface area contributed by atoms with Gasteiger partial charge in [0.2, 0.25) is 11.0 Å². The fraction of sp³-hybridized carbons (Fsp3) is 0.357. The van der Waals surface area contributed by atoms with Crippen LogP contribution in [0.15, 0.2) is 28.6 Å². The fourth-order valence-electron chi connectivity index (χ4n) is 1.73. The number of hydrogen-bond acceptors (Lipinski definition) is 7. The minimum absolute atomic E-state index is 0.0409. The van der Waals surface area contributed by atoms with Crippen LogP contribution in [0.2, 0.25) is 0 Å². The molecule has 9 heteroatoms. The second-order valence-corrected chi connectivity index (χ2v) is 6.89. The van der Waals surface area contributed by atoms with Crippen molar-refractivity contribution in [2.75, 3.05) is 24.8 Å². The van der Waals surface area contributed by atoms with Crippen LogP contribution in [-0.2, 0) is 9.53 Å². The van der Waals surface area contributed by atoms with Crippen LogP contribution in [0.3, 0.4) is 0 Å². The highest BCUT2D eigenvalue weighted by molar-refractivity contribution is 8.01. The monoisotopic (exact) mass is 356 g/mol. The topological polar surface area (TPSA) is 76.1 Å². The largest absolute Gasteiger partial charge is 0.383 e. The molecule has 0 aliphatic carbocycles. The summed E-state index contributed by atoms with van der Waals surface area (Å²) >= 11 is 2.55. The number of amides is 1. The molecule has 1 heterocycles. The van der Waals surface area contributed by atoms with Gasteiger partial charge in [-0.2, -0.15) is 0 Å². The van der Waals surface area contributed by atoms with Gasteiger partial charge in [0.15, 0.2) is 4.34 Å². The van der Waals surface area contributed by atoms with E-state index in [1.165, 1.54) is 29.2 Å². The van der Waals surface area contributed by atoms with E-state index in [9.17, 15) is 9.18 Å². The van der Waals surface area contributed by atoms with Crippen LogP contribution in [0.5, 0.6) is 0 Å². The number of anilines is 2. The van der Waals surface area contributed by atoms with E-state index in [1.54, 1.807) is 25.3 Å². The minimum atomic E-state index is -0.358. The van der Waals surface area contributed by atoms with Gasteiger partial charge in [-0.05, 0) is 19.1 Å². The minimum Gasteiger partial charge on any atom is -0.383 e. The number of benzene rings is 1. The zero-order chi connectivity index (χ0) is 16.7. The van der Waals surface area contributed by atoms with Gasteiger partial charge in [-0.3, -0.25) is 4.79 Å². The van der Waals surface area contributed by atoms with Crippen LogP contribution >= 0.6 is 23.1 Å². The Morgan fingerprint density at radius 3 is 2.96 bits per heavy atom. The summed E-state index contributed by atoms with van der Waals surface area (Å²) in [5, 5.41) is 14.1. The molecule has 1 aromatic carbocycles. The van der Waals surface area contributed by atoms with E-state index in [0.717, 1.165) is 0 Å². The maximum absolute atomic E-state index is 13.5. The predicted molar refractivity (Wildman–Crippen MR) is 89.8 cm³/mol. The summed E-state index contributed by atoms with van der Waals surface area (Å²) < 4.78 is 19.1. The summed E-state index contributed by atoms with van der Waals surface area (Å²) in [4.78, 5) is 11.7. The Hall–Kier alpha value is -1.71. The summed E-state index contributed by atoms with van der Waals surface area (Å²) in [5.74, 6) is -0.218. The zero-order valence-corrected chi connectivity index (χ0v) is 14.3. The van der Waals surface area contributed by atoms with Crippen molar-refractivity contribution in [2.45, 2.75) is 17.3 Å². The van der Waals surface area contributed by atoms with Gasteiger partial charge < -0.3 is 15.4 Å². The number of aromatic nitrogens is 2. The highest BCUT2D eigenvalue weighted by Gasteiger charge is 2.11. The highest BCUT2D eigenvalue weighted by atomic mass is 32.2. The number of nitrogens with one attached hydrogen (secondary N) is 2. The number of carbonyl (C=O) groups excluding carboxylic acids is 1. The molecule has 2 rings (SSSR count). The molecule has 1 atom stereocenters. The van der Waals surface area contributed by atoms with Gasteiger partial charge in [0.05, 0.1) is 18.0 Å². The Labute approximate surface area is 141 Å². The number of hydrogen-bond donors (Lipinski definition) is 2. The van der Waals surface area contributed by atoms with E-state index in [-0.39, 0.29) is 23.5 Å². The third kappa shape index (κ3) is 5.77. The van der Waals surface area contributed by atoms with Gasteiger partial charge in [0, 0.05) is 13.2 Å². The first-order valence-electron chi connectivity index (χ1n) is 6.84. The third-order valence-electron chi connectivity index (χ3n) is 2.67. The molecular weight excluding hydrogens is 339 g/mol. The highest BCUT2D eigenvalue weighted by Crippen LogP contribution is 2.28. The number of methoxy groups -OCH3 is 1. The summed E-state index contributed by atoms with van der Waals surface area (Å²) in [6.45, 7) is 2.33. The average molecular weight is 356 g/mol.